The number of rotatable bonds is 1. The van der Waals surface area contributed by atoms with Crippen LogP contribution in [0.25, 0.3) is 0 Å². The van der Waals surface area contributed by atoms with Crippen LogP contribution in [0.15, 0.2) is 23.1 Å². The molecular weight excluding hydrogens is 258 g/mol. The molecule has 2 aliphatic rings. The summed E-state index contributed by atoms with van der Waals surface area (Å²) in [6.45, 7) is 2.21. The summed E-state index contributed by atoms with van der Waals surface area (Å²) >= 11 is 1.22. The fourth-order valence-electron chi connectivity index (χ4n) is 2.98. The highest BCUT2D eigenvalue weighted by molar-refractivity contribution is 8.13. The molecule has 1 saturated carbocycles. The number of aryl methyl sites for hydroxylation is 1. The van der Waals surface area contributed by atoms with Gasteiger partial charge in [0.2, 0.25) is 5.12 Å². The molecule has 0 unspecified atom stereocenters. The summed E-state index contributed by atoms with van der Waals surface area (Å²) in [4.78, 5) is 27.4. The van der Waals surface area contributed by atoms with Crippen LogP contribution in [-0.2, 0) is 4.79 Å². The number of hydrogen-bond donors (Lipinski definition) is 0. The van der Waals surface area contributed by atoms with E-state index in [9.17, 15) is 9.59 Å². The zero-order valence-corrected chi connectivity index (χ0v) is 11.8. The first-order valence-corrected chi connectivity index (χ1v) is 7.60. The number of benzene rings is 1. The molecule has 19 heavy (non-hydrogen) atoms. The highest BCUT2D eigenvalue weighted by atomic mass is 32.2. The van der Waals surface area contributed by atoms with E-state index in [0.29, 0.717) is 5.56 Å². The monoisotopic (exact) mass is 275 g/mol. The molecule has 0 N–H and O–H groups in total. The van der Waals surface area contributed by atoms with Crippen molar-refractivity contribution in [2.24, 2.45) is 0 Å². The molecular formula is C15H17NO2S. The van der Waals surface area contributed by atoms with E-state index in [1.807, 2.05) is 25.1 Å². The van der Waals surface area contributed by atoms with E-state index in [-0.39, 0.29) is 23.6 Å². The zero-order valence-electron chi connectivity index (χ0n) is 11.0. The third kappa shape index (κ3) is 2.29. The first-order valence-electron chi connectivity index (χ1n) is 6.78. The van der Waals surface area contributed by atoms with E-state index in [1.165, 1.54) is 11.8 Å². The van der Waals surface area contributed by atoms with Crippen molar-refractivity contribution in [1.82, 2.24) is 4.90 Å². The quantitative estimate of drug-likeness (QED) is 0.790. The zero-order chi connectivity index (χ0) is 13.4. The number of carbonyl (C=O) groups excluding carboxylic acids is 2. The summed E-state index contributed by atoms with van der Waals surface area (Å²) in [5.41, 5.74) is 1.71. The Hall–Kier alpha value is -1.29. The predicted octanol–water partition coefficient (Wildman–Crippen LogP) is 3.01. The van der Waals surface area contributed by atoms with Crippen LogP contribution in [0, 0.1) is 6.92 Å². The Labute approximate surface area is 117 Å². The van der Waals surface area contributed by atoms with Crippen LogP contribution >= 0.6 is 11.8 Å². The molecule has 0 atom stereocenters. The summed E-state index contributed by atoms with van der Waals surface area (Å²) in [6.07, 6.45) is 4.39. The maximum atomic E-state index is 12.7. The average Bonchev–Trinajstić information content (AvgIpc) is 2.87. The van der Waals surface area contributed by atoms with Gasteiger partial charge in [-0.3, -0.25) is 9.59 Å². The first kappa shape index (κ1) is 12.7. The van der Waals surface area contributed by atoms with E-state index >= 15 is 0 Å². The van der Waals surface area contributed by atoms with Crippen molar-refractivity contribution in [3.05, 3.63) is 29.3 Å². The summed E-state index contributed by atoms with van der Waals surface area (Å²) in [6, 6.07) is 5.95. The second kappa shape index (κ2) is 5.00. The van der Waals surface area contributed by atoms with Gasteiger partial charge < -0.3 is 4.90 Å². The summed E-state index contributed by atoms with van der Waals surface area (Å²) in [7, 11) is 0. The normalized spacial score (nSPS) is 20.6. The van der Waals surface area contributed by atoms with Gasteiger partial charge in [0.1, 0.15) is 0 Å². The van der Waals surface area contributed by atoms with Gasteiger partial charge in [-0.15, -0.1) is 0 Å². The minimum Gasteiger partial charge on any atom is -0.327 e. The highest BCUT2D eigenvalue weighted by Gasteiger charge is 2.33. The van der Waals surface area contributed by atoms with E-state index in [1.54, 1.807) is 4.90 Å². The van der Waals surface area contributed by atoms with Gasteiger partial charge in [-0.05, 0) is 43.2 Å². The molecule has 1 aromatic rings. The third-order valence-electron chi connectivity index (χ3n) is 3.98. The highest BCUT2D eigenvalue weighted by Crippen LogP contribution is 2.34. The Balaban J connectivity index is 2.02. The van der Waals surface area contributed by atoms with Crippen molar-refractivity contribution in [1.29, 1.82) is 0 Å². The van der Waals surface area contributed by atoms with Crippen LogP contribution in [0.1, 0.15) is 41.6 Å². The van der Waals surface area contributed by atoms with Crippen LogP contribution in [0.2, 0.25) is 0 Å². The van der Waals surface area contributed by atoms with Gasteiger partial charge in [0.15, 0.2) is 0 Å². The lowest BCUT2D eigenvalue weighted by molar-refractivity contribution is -0.111. The SMILES string of the molecule is Cc1cccc2c1SC(=O)CN(C1CCCC1)C2=O. The number of fused-ring (bicyclic) bond motifs is 1. The van der Waals surface area contributed by atoms with E-state index in [2.05, 4.69) is 0 Å². The molecule has 1 aromatic carbocycles. The second-order valence-electron chi connectivity index (χ2n) is 5.30. The maximum Gasteiger partial charge on any atom is 0.255 e. The second-order valence-corrected chi connectivity index (χ2v) is 6.36. The molecule has 0 radical (unpaired) electrons. The summed E-state index contributed by atoms with van der Waals surface area (Å²) in [5.74, 6) is 0.0314. The number of amides is 1. The molecule has 0 saturated heterocycles. The number of hydrogen-bond acceptors (Lipinski definition) is 3. The lowest BCUT2D eigenvalue weighted by atomic mass is 10.1. The summed E-state index contributed by atoms with van der Waals surface area (Å²) < 4.78 is 0. The maximum absolute atomic E-state index is 12.7. The Morgan fingerprint density at radius 1 is 1.21 bits per heavy atom. The molecule has 3 rings (SSSR count). The molecule has 0 aromatic heterocycles. The van der Waals surface area contributed by atoms with Gasteiger partial charge in [-0.1, -0.05) is 25.0 Å². The minimum absolute atomic E-state index is 0.0314. The predicted molar refractivity (Wildman–Crippen MR) is 75.3 cm³/mol. The van der Waals surface area contributed by atoms with Gasteiger partial charge in [-0.2, -0.15) is 0 Å². The molecule has 0 bridgehead atoms. The fourth-order valence-corrected chi connectivity index (χ4v) is 3.90. The first-order chi connectivity index (χ1) is 9.16. The Morgan fingerprint density at radius 2 is 1.95 bits per heavy atom. The largest absolute Gasteiger partial charge is 0.327 e. The van der Waals surface area contributed by atoms with Gasteiger partial charge in [0.05, 0.1) is 12.1 Å². The Kier molecular flexibility index (Phi) is 3.35. The number of nitrogens with zero attached hydrogens (tertiary/aromatic N) is 1. The molecule has 4 heteroatoms. The molecule has 3 nitrogen and oxygen atoms in total. The lowest BCUT2D eigenvalue weighted by Crippen LogP contribution is -2.40. The molecule has 1 fully saturated rings. The van der Waals surface area contributed by atoms with E-state index in [0.717, 1.165) is 36.1 Å². The van der Waals surface area contributed by atoms with Crippen molar-refractivity contribution in [3.63, 3.8) is 0 Å². The molecule has 1 heterocycles. The van der Waals surface area contributed by atoms with Crippen molar-refractivity contribution < 1.29 is 9.59 Å². The molecule has 1 aliphatic heterocycles. The van der Waals surface area contributed by atoms with Crippen LogP contribution in [-0.4, -0.2) is 28.5 Å². The van der Waals surface area contributed by atoms with Crippen molar-refractivity contribution >= 4 is 22.8 Å². The molecule has 100 valence electrons. The van der Waals surface area contributed by atoms with E-state index < -0.39 is 0 Å². The Morgan fingerprint density at radius 3 is 2.68 bits per heavy atom. The van der Waals surface area contributed by atoms with Crippen LogP contribution in [0.5, 0.6) is 0 Å². The molecule has 1 amide bonds. The Bertz CT molecular complexity index is 535. The van der Waals surface area contributed by atoms with Crippen LogP contribution in [0.3, 0.4) is 0 Å². The lowest BCUT2D eigenvalue weighted by Gasteiger charge is -2.26. The topological polar surface area (TPSA) is 37.4 Å². The van der Waals surface area contributed by atoms with Gasteiger partial charge in [0.25, 0.3) is 5.91 Å². The summed E-state index contributed by atoms with van der Waals surface area (Å²) in [5, 5.41) is 0.0771. The molecule has 1 aliphatic carbocycles. The van der Waals surface area contributed by atoms with Gasteiger partial charge in [-0.25, -0.2) is 0 Å². The van der Waals surface area contributed by atoms with E-state index in [4.69, 9.17) is 0 Å². The average molecular weight is 275 g/mol. The van der Waals surface area contributed by atoms with Gasteiger partial charge in [0, 0.05) is 10.9 Å². The number of thioether (sulfide) groups is 1. The van der Waals surface area contributed by atoms with Crippen molar-refractivity contribution in [3.8, 4) is 0 Å². The number of carbonyl (C=O) groups is 2. The smallest absolute Gasteiger partial charge is 0.255 e. The van der Waals surface area contributed by atoms with Crippen LogP contribution in [0.4, 0.5) is 0 Å². The van der Waals surface area contributed by atoms with Gasteiger partial charge >= 0.3 is 0 Å². The minimum atomic E-state index is 0.0314. The third-order valence-corrected chi connectivity index (χ3v) is 5.09. The standard InChI is InChI=1S/C15H17NO2S/c1-10-5-4-8-12-14(10)19-13(17)9-16(15(12)18)11-6-2-3-7-11/h4-5,8,11H,2-3,6-7,9H2,1H3. The van der Waals surface area contributed by atoms with Crippen molar-refractivity contribution in [2.75, 3.05) is 6.54 Å². The fraction of sp³-hybridized carbons (Fsp3) is 0.467. The van der Waals surface area contributed by atoms with Crippen LogP contribution < -0.4 is 0 Å². The van der Waals surface area contributed by atoms with Crippen molar-refractivity contribution in [2.45, 2.75) is 43.5 Å². The molecule has 0 spiro atoms.